The Morgan fingerprint density at radius 1 is 1.07 bits per heavy atom. The van der Waals surface area contributed by atoms with Gasteiger partial charge in [0.15, 0.2) is 13.2 Å². The predicted molar refractivity (Wildman–Crippen MR) is 116 cm³/mol. The van der Waals surface area contributed by atoms with E-state index in [1.54, 1.807) is 30.3 Å². The highest BCUT2D eigenvalue weighted by Crippen LogP contribution is 2.31. The molecule has 0 saturated carbocycles. The van der Waals surface area contributed by atoms with Gasteiger partial charge in [-0.2, -0.15) is 0 Å². The summed E-state index contributed by atoms with van der Waals surface area (Å²) in [4.78, 5) is 35.6. The van der Waals surface area contributed by atoms with Crippen molar-refractivity contribution in [2.45, 2.75) is 26.7 Å². The number of benzene rings is 2. The lowest BCUT2D eigenvalue weighted by molar-refractivity contribution is -0.150. The van der Waals surface area contributed by atoms with Gasteiger partial charge in [-0.25, -0.2) is 4.79 Å². The topological polar surface area (TPSA) is 93.7 Å². The van der Waals surface area contributed by atoms with Crippen molar-refractivity contribution in [3.63, 3.8) is 0 Å². The van der Waals surface area contributed by atoms with Gasteiger partial charge in [0.2, 0.25) is 0 Å². The highest BCUT2D eigenvalue weighted by atomic mass is 79.9. The molecule has 2 N–H and O–H groups in total. The molecule has 0 saturated heterocycles. The summed E-state index contributed by atoms with van der Waals surface area (Å²) in [5, 5.41) is 0.621. The number of rotatable bonds is 7. The van der Waals surface area contributed by atoms with Crippen LogP contribution in [0, 0.1) is 6.92 Å². The summed E-state index contributed by atoms with van der Waals surface area (Å²) in [6.45, 7) is 4.89. The van der Waals surface area contributed by atoms with Crippen molar-refractivity contribution in [3.05, 3.63) is 62.6 Å². The minimum absolute atomic E-state index is 0.147. The van der Waals surface area contributed by atoms with E-state index in [-0.39, 0.29) is 12.5 Å². The lowest BCUT2D eigenvalue weighted by Crippen LogP contribution is -2.43. The van der Waals surface area contributed by atoms with Crippen LogP contribution in [-0.4, -0.2) is 31.0 Å². The number of hydrazine groups is 1. The fraction of sp³-hybridized carbons (Fsp3) is 0.286. The third-order valence-corrected chi connectivity index (χ3v) is 4.98. The molecule has 0 bridgehead atoms. The van der Waals surface area contributed by atoms with Crippen LogP contribution in [0.25, 0.3) is 0 Å². The van der Waals surface area contributed by atoms with Crippen molar-refractivity contribution in [1.82, 2.24) is 10.9 Å². The maximum Gasteiger partial charge on any atom is 0.344 e. The number of carbonyl (C=O) groups excluding carboxylic acids is 3. The van der Waals surface area contributed by atoms with Crippen LogP contribution >= 0.6 is 27.5 Å². The van der Waals surface area contributed by atoms with Gasteiger partial charge in [0.25, 0.3) is 11.8 Å². The van der Waals surface area contributed by atoms with Crippen LogP contribution in [0.15, 0.2) is 40.9 Å². The van der Waals surface area contributed by atoms with Crippen molar-refractivity contribution in [2.24, 2.45) is 0 Å². The van der Waals surface area contributed by atoms with Gasteiger partial charge in [0.1, 0.15) is 5.75 Å². The second kappa shape index (κ2) is 11.0. The number of hydrogen-bond donors (Lipinski definition) is 2. The van der Waals surface area contributed by atoms with Crippen LogP contribution in [0.5, 0.6) is 5.75 Å². The maximum atomic E-state index is 11.9. The molecular formula is C21H22BrClN2O5. The molecule has 0 aliphatic heterocycles. The zero-order valence-electron chi connectivity index (χ0n) is 16.8. The number of nitrogens with one attached hydrogen (secondary N) is 2. The normalized spacial score (nSPS) is 10.5. The number of aryl methyl sites for hydroxylation is 1. The second-order valence-electron chi connectivity index (χ2n) is 6.75. The summed E-state index contributed by atoms with van der Waals surface area (Å²) in [6.07, 6.45) is 0. The molecule has 0 spiro atoms. The fourth-order valence-corrected chi connectivity index (χ4v) is 2.84. The smallest absolute Gasteiger partial charge is 0.344 e. The van der Waals surface area contributed by atoms with Crippen LogP contribution in [0.4, 0.5) is 0 Å². The van der Waals surface area contributed by atoms with Gasteiger partial charge in [0, 0.05) is 15.1 Å². The average Bonchev–Trinajstić information content (AvgIpc) is 2.71. The first kappa shape index (κ1) is 23.7. The summed E-state index contributed by atoms with van der Waals surface area (Å²) < 4.78 is 11.3. The molecular weight excluding hydrogens is 476 g/mol. The maximum absolute atomic E-state index is 11.9. The minimum atomic E-state index is -0.716. The summed E-state index contributed by atoms with van der Waals surface area (Å²) in [5.74, 6) is -1.21. The lowest BCUT2D eigenvalue weighted by Gasteiger charge is -2.15. The van der Waals surface area contributed by atoms with E-state index in [0.717, 1.165) is 15.6 Å². The molecule has 2 rings (SSSR count). The Morgan fingerprint density at radius 3 is 2.37 bits per heavy atom. The molecule has 9 heteroatoms. The summed E-state index contributed by atoms with van der Waals surface area (Å²) >= 11 is 9.42. The molecule has 0 unspecified atom stereocenters. The monoisotopic (exact) mass is 496 g/mol. The van der Waals surface area contributed by atoms with E-state index in [1.807, 2.05) is 26.8 Å². The molecule has 2 aromatic rings. The molecule has 30 heavy (non-hydrogen) atoms. The number of amides is 2. The quantitative estimate of drug-likeness (QED) is 0.447. The minimum Gasteiger partial charge on any atom is -0.482 e. The van der Waals surface area contributed by atoms with E-state index >= 15 is 0 Å². The fourth-order valence-electron chi connectivity index (χ4n) is 2.41. The van der Waals surface area contributed by atoms with Crippen molar-refractivity contribution in [2.75, 3.05) is 13.2 Å². The van der Waals surface area contributed by atoms with Crippen molar-refractivity contribution < 1.29 is 23.9 Å². The number of carbonyl (C=O) groups is 3. The first-order valence-electron chi connectivity index (χ1n) is 9.10. The van der Waals surface area contributed by atoms with E-state index in [2.05, 4.69) is 26.8 Å². The lowest BCUT2D eigenvalue weighted by atomic mass is 10.0. The third kappa shape index (κ3) is 7.03. The summed E-state index contributed by atoms with van der Waals surface area (Å²) in [6, 6.07) is 10.1. The molecule has 0 aromatic heterocycles. The molecule has 160 valence electrons. The highest BCUT2D eigenvalue weighted by molar-refractivity contribution is 9.10. The Bertz CT molecular complexity index is 932. The van der Waals surface area contributed by atoms with Crippen LogP contribution in [0.1, 0.15) is 41.3 Å². The van der Waals surface area contributed by atoms with Gasteiger partial charge < -0.3 is 9.47 Å². The number of halogens is 2. The Morgan fingerprint density at radius 2 is 1.73 bits per heavy atom. The average molecular weight is 498 g/mol. The zero-order chi connectivity index (χ0) is 22.3. The van der Waals surface area contributed by atoms with Crippen LogP contribution in [0.2, 0.25) is 5.02 Å². The Hall–Kier alpha value is -2.58. The SMILES string of the molecule is Cc1cc(OCC(=O)OCC(=O)NNC(=O)c2ccc(Br)cc2)c(C(C)C)cc1Cl. The van der Waals surface area contributed by atoms with E-state index < -0.39 is 24.4 Å². The summed E-state index contributed by atoms with van der Waals surface area (Å²) in [5.41, 5.74) is 6.48. The largest absolute Gasteiger partial charge is 0.482 e. The van der Waals surface area contributed by atoms with Gasteiger partial charge in [-0.3, -0.25) is 20.4 Å². The zero-order valence-corrected chi connectivity index (χ0v) is 19.1. The molecule has 0 radical (unpaired) electrons. The van der Waals surface area contributed by atoms with Crippen LogP contribution in [-0.2, 0) is 14.3 Å². The molecule has 0 fully saturated rings. The van der Waals surface area contributed by atoms with E-state index in [1.165, 1.54) is 0 Å². The van der Waals surface area contributed by atoms with Crippen molar-refractivity contribution in [1.29, 1.82) is 0 Å². The van der Waals surface area contributed by atoms with Crippen molar-refractivity contribution in [3.8, 4) is 5.75 Å². The first-order valence-corrected chi connectivity index (χ1v) is 10.3. The second-order valence-corrected chi connectivity index (χ2v) is 8.08. The van der Waals surface area contributed by atoms with E-state index in [4.69, 9.17) is 21.1 Å². The highest BCUT2D eigenvalue weighted by Gasteiger charge is 2.14. The molecule has 2 amide bonds. The van der Waals surface area contributed by atoms with Gasteiger partial charge in [-0.05, 0) is 60.4 Å². The molecule has 0 heterocycles. The van der Waals surface area contributed by atoms with Crippen LogP contribution in [0.3, 0.4) is 0 Å². The Kier molecular flexibility index (Phi) is 8.68. The van der Waals surface area contributed by atoms with Gasteiger partial charge >= 0.3 is 5.97 Å². The van der Waals surface area contributed by atoms with Crippen molar-refractivity contribution >= 4 is 45.3 Å². The number of esters is 1. The van der Waals surface area contributed by atoms with Gasteiger partial charge in [-0.15, -0.1) is 0 Å². The Balaban J connectivity index is 1.78. The molecule has 0 aliphatic carbocycles. The standard InChI is InChI=1S/C21H22BrClN2O5/c1-12(2)16-9-17(23)13(3)8-18(16)29-11-20(27)30-10-19(26)24-25-21(28)14-4-6-15(22)7-5-14/h4-9,12H,10-11H2,1-3H3,(H,24,26)(H,25,28). The molecule has 2 aromatic carbocycles. The summed E-state index contributed by atoms with van der Waals surface area (Å²) in [7, 11) is 0. The van der Waals surface area contributed by atoms with E-state index in [0.29, 0.717) is 16.3 Å². The van der Waals surface area contributed by atoms with Gasteiger partial charge in [-0.1, -0.05) is 41.4 Å². The van der Waals surface area contributed by atoms with Crippen LogP contribution < -0.4 is 15.6 Å². The number of ether oxygens (including phenoxy) is 2. The van der Waals surface area contributed by atoms with Gasteiger partial charge in [0.05, 0.1) is 0 Å². The molecule has 0 aliphatic rings. The molecule has 7 nitrogen and oxygen atoms in total. The van der Waals surface area contributed by atoms with E-state index in [9.17, 15) is 14.4 Å². The third-order valence-electron chi connectivity index (χ3n) is 4.04. The Labute approximate surface area is 188 Å². The number of hydrogen-bond acceptors (Lipinski definition) is 5. The first-order chi connectivity index (χ1) is 14.2. The molecule has 0 atom stereocenters. The predicted octanol–water partition coefficient (Wildman–Crippen LogP) is 3.92.